The van der Waals surface area contributed by atoms with E-state index in [1.807, 2.05) is 23.6 Å². The molecule has 6 nitrogen and oxygen atoms in total. The number of aryl methyl sites for hydroxylation is 1. The van der Waals surface area contributed by atoms with Crippen molar-refractivity contribution in [3.63, 3.8) is 0 Å². The Hall–Kier alpha value is -2.67. The number of rotatable bonds is 5. The molecule has 0 saturated carbocycles. The molecule has 0 atom stereocenters. The molecule has 3 rings (SSSR count). The summed E-state index contributed by atoms with van der Waals surface area (Å²) in [5.74, 6) is 0.423. The van der Waals surface area contributed by atoms with Crippen LogP contribution >= 0.6 is 11.3 Å². The summed E-state index contributed by atoms with van der Waals surface area (Å²) in [4.78, 5) is 29.8. The van der Waals surface area contributed by atoms with Crippen LogP contribution in [0.5, 0.6) is 5.75 Å². The molecule has 0 radical (unpaired) electrons. The number of ether oxygens (including phenoxy) is 1. The summed E-state index contributed by atoms with van der Waals surface area (Å²) >= 11 is 1.43. The second-order valence-corrected chi connectivity index (χ2v) is 8.24. The van der Waals surface area contributed by atoms with E-state index in [0.29, 0.717) is 21.7 Å². The highest BCUT2D eigenvalue weighted by Crippen LogP contribution is 2.31. The average Bonchev–Trinajstić information content (AvgIpc) is 3.10. The largest absolute Gasteiger partial charge is 0.495 e. The summed E-state index contributed by atoms with van der Waals surface area (Å²) in [6.07, 6.45) is 1.66. The molecule has 0 spiro atoms. The number of hydrogen-bond donors (Lipinski definition) is 1. The van der Waals surface area contributed by atoms with Crippen LogP contribution in [0, 0.1) is 0 Å². The van der Waals surface area contributed by atoms with Gasteiger partial charge in [0, 0.05) is 13.0 Å². The summed E-state index contributed by atoms with van der Waals surface area (Å²) < 4.78 is 6.83. The van der Waals surface area contributed by atoms with E-state index in [0.717, 1.165) is 5.56 Å². The zero-order valence-corrected chi connectivity index (χ0v) is 16.7. The summed E-state index contributed by atoms with van der Waals surface area (Å²) in [7, 11) is 1.57. The minimum Gasteiger partial charge on any atom is -0.495 e. The third-order valence-corrected chi connectivity index (χ3v) is 5.19. The number of carbonyl (C=O) groups excluding carboxylic acids is 1. The molecule has 1 amide bonds. The van der Waals surface area contributed by atoms with Crippen LogP contribution in [-0.2, 0) is 16.8 Å². The Balaban J connectivity index is 1.73. The molecule has 0 fully saturated rings. The lowest BCUT2D eigenvalue weighted by molar-refractivity contribution is -0.116. The van der Waals surface area contributed by atoms with E-state index < -0.39 is 0 Å². The number of amides is 1. The van der Waals surface area contributed by atoms with Gasteiger partial charge in [-0.3, -0.25) is 14.2 Å². The van der Waals surface area contributed by atoms with E-state index >= 15 is 0 Å². The maximum Gasteiger partial charge on any atom is 0.262 e. The molecule has 27 heavy (non-hydrogen) atoms. The van der Waals surface area contributed by atoms with E-state index in [2.05, 4.69) is 31.1 Å². The molecule has 0 saturated heterocycles. The van der Waals surface area contributed by atoms with Gasteiger partial charge in [-0.25, -0.2) is 4.98 Å². The van der Waals surface area contributed by atoms with Gasteiger partial charge in [-0.2, -0.15) is 0 Å². The smallest absolute Gasteiger partial charge is 0.262 e. The molecular weight excluding hydrogens is 362 g/mol. The molecule has 0 aliphatic carbocycles. The van der Waals surface area contributed by atoms with Crippen molar-refractivity contribution in [3.05, 3.63) is 51.9 Å². The standard InChI is InChI=1S/C20H23N3O3S/c1-20(2,3)13-5-6-16(26-4)15(11-13)22-17(24)7-9-23-12-21-18-14(19(23)25)8-10-27-18/h5-6,8,10-12H,7,9H2,1-4H3,(H,22,24). The van der Waals surface area contributed by atoms with Crippen molar-refractivity contribution >= 4 is 33.1 Å². The van der Waals surface area contributed by atoms with Gasteiger partial charge >= 0.3 is 0 Å². The zero-order chi connectivity index (χ0) is 19.6. The number of nitrogens with zero attached hydrogens (tertiary/aromatic N) is 2. The number of benzene rings is 1. The lowest BCUT2D eigenvalue weighted by Crippen LogP contribution is -2.23. The maximum atomic E-state index is 12.4. The van der Waals surface area contributed by atoms with Crippen LogP contribution in [0.3, 0.4) is 0 Å². The first-order chi connectivity index (χ1) is 12.8. The summed E-state index contributed by atoms with van der Waals surface area (Å²) in [6, 6.07) is 7.54. The number of aromatic nitrogens is 2. The van der Waals surface area contributed by atoms with Crippen molar-refractivity contribution in [2.45, 2.75) is 39.2 Å². The van der Waals surface area contributed by atoms with Crippen LogP contribution in [0.2, 0.25) is 0 Å². The van der Waals surface area contributed by atoms with Crippen LogP contribution in [0.15, 0.2) is 40.8 Å². The number of fused-ring (bicyclic) bond motifs is 1. The summed E-state index contributed by atoms with van der Waals surface area (Å²) in [5, 5.41) is 5.32. The van der Waals surface area contributed by atoms with Crippen LogP contribution in [-0.4, -0.2) is 22.6 Å². The van der Waals surface area contributed by atoms with Crippen LogP contribution < -0.4 is 15.6 Å². The average molecular weight is 385 g/mol. The van der Waals surface area contributed by atoms with Gasteiger partial charge in [-0.1, -0.05) is 26.8 Å². The van der Waals surface area contributed by atoms with Crippen molar-refractivity contribution in [1.29, 1.82) is 0 Å². The van der Waals surface area contributed by atoms with Crippen LogP contribution in [0.4, 0.5) is 5.69 Å². The number of carbonyl (C=O) groups is 1. The molecule has 0 bridgehead atoms. The molecular formula is C20H23N3O3S. The SMILES string of the molecule is COc1ccc(C(C)(C)C)cc1NC(=O)CCn1cnc2sccc2c1=O. The number of hydrogen-bond acceptors (Lipinski definition) is 5. The Morgan fingerprint density at radius 3 is 2.78 bits per heavy atom. The van der Waals surface area contributed by atoms with E-state index in [9.17, 15) is 9.59 Å². The molecule has 7 heteroatoms. The van der Waals surface area contributed by atoms with Gasteiger partial charge in [0.05, 0.1) is 24.5 Å². The van der Waals surface area contributed by atoms with Crippen molar-refractivity contribution < 1.29 is 9.53 Å². The zero-order valence-electron chi connectivity index (χ0n) is 15.9. The molecule has 142 valence electrons. The van der Waals surface area contributed by atoms with Gasteiger partial charge in [0.1, 0.15) is 10.6 Å². The topological polar surface area (TPSA) is 73.2 Å². The normalized spacial score (nSPS) is 11.6. The molecule has 0 aliphatic heterocycles. The minimum absolute atomic E-state index is 0.0410. The highest BCUT2D eigenvalue weighted by atomic mass is 32.1. The van der Waals surface area contributed by atoms with Crippen LogP contribution in [0.1, 0.15) is 32.8 Å². The van der Waals surface area contributed by atoms with Crippen molar-refractivity contribution in [1.82, 2.24) is 9.55 Å². The van der Waals surface area contributed by atoms with Gasteiger partial charge in [0.2, 0.25) is 5.91 Å². The minimum atomic E-state index is -0.184. The highest BCUT2D eigenvalue weighted by Gasteiger charge is 2.17. The third kappa shape index (κ3) is 4.19. The van der Waals surface area contributed by atoms with E-state index in [1.165, 1.54) is 22.2 Å². The predicted molar refractivity (Wildman–Crippen MR) is 109 cm³/mol. The maximum absolute atomic E-state index is 12.4. The highest BCUT2D eigenvalue weighted by molar-refractivity contribution is 7.16. The Labute approximate surface area is 161 Å². The first-order valence-corrected chi connectivity index (χ1v) is 9.58. The molecule has 0 aliphatic rings. The molecule has 3 aromatic rings. The first kappa shape index (κ1) is 19.1. The van der Waals surface area contributed by atoms with Gasteiger partial charge in [-0.05, 0) is 34.6 Å². The lowest BCUT2D eigenvalue weighted by Gasteiger charge is -2.21. The molecule has 2 heterocycles. The summed E-state index contributed by atoms with van der Waals surface area (Å²) in [5.41, 5.74) is 1.57. The van der Waals surface area contributed by atoms with Crippen LogP contribution in [0.25, 0.3) is 10.2 Å². The fourth-order valence-corrected chi connectivity index (χ4v) is 3.48. The first-order valence-electron chi connectivity index (χ1n) is 8.70. The second kappa shape index (κ2) is 7.52. The number of anilines is 1. The van der Waals surface area contributed by atoms with E-state index in [4.69, 9.17) is 4.74 Å². The van der Waals surface area contributed by atoms with Gasteiger partial charge in [0.25, 0.3) is 5.56 Å². The fourth-order valence-electron chi connectivity index (χ4n) is 2.76. The predicted octanol–water partition coefficient (Wildman–Crippen LogP) is 3.79. The lowest BCUT2D eigenvalue weighted by atomic mass is 9.87. The Bertz CT molecular complexity index is 1030. The van der Waals surface area contributed by atoms with Gasteiger partial charge in [0.15, 0.2) is 0 Å². The molecule has 2 aromatic heterocycles. The van der Waals surface area contributed by atoms with E-state index in [-0.39, 0.29) is 29.8 Å². The molecule has 0 unspecified atom stereocenters. The Morgan fingerprint density at radius 1 is 1.30 bits per heavy atom. The molecule has 1 aromatic carbocycles. The van der Waals surface area contributed by atoms with E-state index in [1.54, 1.807) is 13.2 Å². The molecule has 1 N–H and O–H groups in total. The van der Waals surface area contributed by atoms with Crippen molar-refractivity contribution in [2.24, 2.45) is 0 Å². The van der Waals surface area contributed by atoms with Gasteiger partial charge < -0.3 is 10.1 Å². The Kier molecular flexibility index (Phi) is 5.32. The Morgan fingerprint density at radius 2 is 2.07 bits per heavy atom. The number of nitrogens with one attached hydrogen (secondary N) is 1. The van der Waals surface area contributed by atoms with Crippen molar-refractivity contribution in [3.8, 4) is 5.75 Å². The quantitative estimate of drug-likeness (QED) is 0.725. The summed E-state index contributed by atoms with van der Waals surface area (Å²) in [6.45, 7) is 6.60. The second-order valence-electron chi connectivity index (χ2n) is 7.35. The fraction of sp³-hybridized carbons (Fsp3) is 0.350. The monoisotopic (exact) mass is 385 g/mol. The number of methoxy groups -OCH3 is 1. The third-order valence-electron chi connectivity index (χ3n) is 4.37. The van der Waals surface area contributed by atoms with Gasteiger partial charge in [-0.15, -0.1) is 11.3 Å². The number of thiophene rings is 1. The van der Waals surface area contributed by atoms with Crippen molar-refractivity contribution in [2.75, 3.05) is 12.4 Å².